The van der Waals surface area contributed by atoms with Crippen LogP contribution in [0.25, 0.3) is 0 Å². The molecule has 0 aromatic carbocycles. The van der Waals surface area contributed by atoms with E-state index in [1.165, 1.54) is 10.9 Å². The Labute approximate surface area is 122 Å². The van der Waals surface area contributed by atoms with Gasteiger partial charge in [0.2, 0.25) is 0 Å². The van der Waals surface area contributed by atoms with Gasteiger partial charge in [-0.05, 0) is 20.8 Å². The Morgan fingerprint density at radius 1 is 1.52 bits per heavy atom. The Balaban J connectivity index is 2.74. The van der Waals surface area contributed by atoms with E-state index >= 15 is 0 Å². The van der Waals surface area contributed by atoms with Crippen LogP contribution in [0.2, 0.25) is 0 Å². The van der Waals surface area contributed by atoms with E-state index in [1.807, 2.05) is 0 Å². The van der Waals surface area contributed by atoms with E-state index in [0.717, 1.165) is 0 Å². The number of carbonyl (C=O) groups excluding carboxylic acids is 1. The lowest BCUT2D eigenvalue weighted by atomic mass is 10.00. The normalized spacial score (nSPS) is 13.3. The van der Waals surface area contributed by atoms with Gasteiger partial charge in [0.15, 0.2) is 0 Å². The standard InChI is InChI=1S/C13H22F2N4O2/c1-13(2,3)21-12(20)17-6-8(5-16)9-7-19(4)18-10(9)11(14)15/h7-8,11H,5-6,16H2,1-4H3,(H,17,20). The third-order valence-electron chi connectivity index (χ3n) is 2.71. The van der Waals surface area contributed by atoms with Crippen LogP contribution in [0, 0.1) is 0 Å². The molecule has 1 amide bonds. The Kier molecular flexibility index (Phi) is 5.65. The zero-order valence-corrected chi connectivity index (χ0v) is 12.7. The summed E-state index contributed by atoms with van der Waals surface area (Å²) in [6, 6.07) is 0. The number of nitrogens with one attached hydrogen (secondary N) is 1. The van der Waals surface area contributed by atoms with Crippen LogP contribution < -0.4 is 11.1 Å². The lowest BCUT2D eigenvalue weighted by molar-refractivity contribution is 0.0524. The molecule has 3 N–H and O–H groups in total. The molecule has 0 radical (unpaired) electrons. The minimum absolute atomic E-state index is 0.108. The quantitative estimate of drug-likeness (QED) is 0.870. The molecule has 1 aromatic rings. The van der Waals surface area contributed by atoms with Gasteiger partial charge >= 0.3 is 6.09 Å². The van der Waals surface area contributed by atoms with E-state index in [4.69, 9.17) is 10.5 Å². The smallest absolute Gasteiger partial charge is 0.407 e. The van der Waals surface area contributed by atoms with Gasteiger partial charge in [0, 0.05) is 37.8 Å². The Bertz CT molecular complexity index is 483. The Hall–Kier alpha value is -1.70. The Morgan fingerprint density at radius 2 is 2.14 bits per heavy atom. The van der Waals surface area contributed by atoms with Crippen molar-refractivity contribution in [2.75, 3.05) is 13.1 Å². The van der Waals surface area contributed by atoms with Gasteiger partial charge in [-0.3, -0.25) is 4.68 Å². The molecule has 8 heteroatoms. The molecule has 1 atom stereocenters. The summed E-state index contributed by atoms with van der Waals surface area (Å²) in [6.07, 6.45) is -1.80. The number of hydrogen-bond donors (Lipinski definition) is 2. The fourth-order valence-electron chi connectivity index (χ4n) is 1.85. The summed E-state index contributed by atoms with van der Waals surface area (Å²) in [4.78, 5) is 11.6. The first-order chi connectivity index (χ1) is 9.64. The molecule has 6 nitrogen and oxygen atoms in total. The third kappa shape index (κ3) is 5.30. The summed E-state index contributed by atoms with van der Waals surface area (Å²) in [5.41, 5.74) is 5.03. The maximum absolute atomic E-state index is 12.9. The van der Waals surface area contributed by atoms with Crippen molar-refractivity contribution in [1.82, 2.24) is 15.1 Å². The lowest BCUT2D eigenvalue weighted by Gasteiger charge is -2.21. The summed E-state index contributed by atoms with van der Waals surface area (Å²) in [6.45, 7) is 5.44. The topological polar surface area (TPSA) is 82.2 Å². The molecule has 0 saturated carbocycles. The second-order valence-corrected chi connectivity index (χ2v) is 5.76. The SMILES string of the molecule is Cn1cc(C(CN)CNC(=O)OC(C)(C)C)c(C(F)F)n1. The molecule has 1 rings (SSSR count). The second-order valence-electron chi connectivity index (χ2n) is 5.76. The number of hydrogen-bond acceptors (Lipinski definition) is 4. The van der Waals surface area contributed by atoms with Crippen molar-refractivity contribution in [2.45, 2.75) is 38.7 Å². The van der Waals surface area contributed by atoms with Gasteiger partial charge in [0.1, 0.15) is 11.3 Å². The van der Waals surface area contributed by atoms with Crippen LogP contribution in [0.1, 0.15) is 44.4 Å². The Morgan fingerprint density at radius 3 is 2.62 bits per heavy atom. The molecular formula is C13H22F2N4O2. The zero-order chi connectivity index (χ0) is 16.2. The lowest BCUT2D eigenvalue weighted by Crippen LogP contribution is -2.36. The number of aryl methyl sites for hydroxylation is 1. The maximum Gasteiger partial charge on any atom is 0.407 e. The van der Waals surface area contributed by atoms with Crippen LogP contribution in [0.15, 0.2) is 6.20 Å². The van der Waals surface area contributed by atoms with Crippen molar-refractivity contribution in [2.24, 2.45) is 12.8 Å². The first-order valence-corrected chi connectivity index (χ1v) is 6.62. The molecular weight excluding hydrogens is 282 g/mol. The number of alkyl halides is 2. The molecule has 0 aliphatic rings. The number of alkyl carbamates (subject to hydrolysis) is 1. The molecule has 0 fully saturated rings. The molecule has 120 valence electrons. The average molecular weight is 304 g/mol. The van der Waals surface area contributed by atoms with Crippen LogP contribution in [0.3, 0.4) is 0 Å². The van der Waals surface area contributed by atoms with Crippen molar-refractivity contribution in [3.05, 3.63) is 17.5 Å². The van der Waals surface area contributed by atoms with Gasteiger partial charge in [0.25, 0.3) is 6.43 Å². The van der Waals surface area contributed by atoms with Gasteiger partial charge in [-0.15, -0.1) is 0 Å². The molecule has 0 spiro atoms. The van der Waals surface area contributed by atoms with Gasteiger partial charge in [0.05, 0.1) is 0 Å². The highest BCUT2D eigenvalue weighted by Gasteiger charge is 2.24. The van der Waals surface area contributed by atoms with E-state index in [-0.39, 0.29) is 18.8 Å². The van der Waals surface area contributed by atoms with Crippen molar-refractivity contribution < 1.29 is 18.3 Å². The van der Waals surface area contributed by atoms with Crippen molar-refractivity contribution in [3.63, 3.8) is 0 Å². The summed E-state index contributed by atoms with van der Waals surface area (Å²) in [7, 11) is 1.56. The van der Waals surface area contributed by atoms with Crippen LogP contribution >= 0.6 is 0 Å². The predicted octanol–water partition coefficient (Wildman–Crippen LogP) is 1.92. The van der Waals surface area contributed by atoms with Gasteiger partial charge < -0.3 is 15.8 Å². The molecule has 0 saturated heterocycles. The van der Waals surface area contributed by atoms with Crippen molar-refractivity contribution >= 4 is 6.09 Å². The number of nitrogens with zero attached hydrogens (tertiary/aromatic N) is 2. The van der Waals surface area contributed by atoms with Gasteiger partial charge in [-0.2, -0.15) is 5.10 Å². The van der Waals surface area contributed by atoms with Crippen molar-refractivity contribution in [3.8, 4) is 0 Å². The maximum atomic E-state index is 12.9. The minimum Gasteiger partial charge on any atom is -0.444 e. The zero-order valence-electron chi connectivity index (χ0n) is 12.7. The number of ether oxygens (including phenoxy) is 1. The highest BCUT2D eigenvalue weighted by molar-refractivity contribution is 5.67. The first kappa shape index (κ1) is 17.4. The molecule has 0 aliphatic heterocycles. The van der Waals surface area contributed by atoms with E-state index < -0.39 is 24.0 Å². The molecule has 1 aromatic heterocycles. The number of amides is 1. The number of aromatic nitrogens is 2. The van der Waals surface area contributed by atoms with E-state index in [2.05, 4.69) is 10.4 Å². The van der Waals surface area contributed by atoms with E-state index in [0.29, 0.717) is 5.56 Å². The highest BCUT2D eigenvalue weighted by atomic mass is 19.3. The summed E-state index contributed by atoms with van der Waals surface area (Å²) < 4.78 is 32.3. The molecule has 1 heterocycles. The van der Waals surface area contributed by atoms with Gasteiger partial charge in [-0.1, -0.05) is 0 Å². The second kappa shape index (κ2) is 6.84. The average Bonchev–Trinajstić information content (AvgIpc) is 2.70. The summed E-state index contributed by atoms with van der Waals surface area (Å²) >= 11 is 0. The fraction of sp³-hybridized carbons (Fsp3) is 0.692. The van der Waals surface area contributed by atoms with E-state index in [1.54, 1.807) is 27.8 Å². The molecule has 0 bridgehead atoms. The van der Waals surface area contributed by atoms with E-state index in [9.17, 15) is 13.6 Å². The predicted molar refractivity (Wildman–Crippen MR) is 74.2 cm³/mol. The van der Waals surface area contributed by atoms with Crippen LogP contribution in [-0.4, -0.2) is 34.6 Å². The summed E-state index contributed by atoms with van der Waals surface area (Å²) in [5.74, 6) is -0.449. The van der Waals surface area contributed by atoms with Crippen molar-refractivity contribution in [1.29, 1.82) is 0 Å². The minimum atomic E-state index is -2.68. The van der Waals surface area contributed by atoms with Crippen LogP contribution in [-0.2, 0) is 11.8 Å². The van der Waals surface area contributed by atoms with Gasteiger partial charge in [-0.25, -0.2) is 13.6 Å². The number of halogens is 2. The monoisotopic (exact) mass is 304 g/mol. The number of carbonyl (C=O) groups is 1. The first-order valence-electron chi connectivity index (χ1n) is 6.62. The summed E-state index contributed by atoms with van der Waals surface area (Å²) in [5, 5.41) is 6.27. The fourth-order valence-corrected chi connectivity index (χ4v) is 1.85. The highest BCUT2D eigenvalue weighted by Crippen LogP contribution is 2.26. The molecule has 21 heavy (non-hydrogen) atoms. The largest absolute Gasteiger partial charge is 0.444 e. The third-order valence-corrected chi connectivity index (χ3v) is 2.71. The molecule has 1 unspecified atom stereocenters. The van der Waals surface area contributed by atoms with Crippen LogP contribution in [0.5, 0.6) is 0 Å². The van der Waals surface area contributed by atoms with Crippen LogP contribution in [0.4, 0.5) is 13.6 Å². The molecule has 0 aliphatic carbocycles. The number of nitrogens with two attached hydrogens (primary N) is 1. The number of rotatable bonds is 5.